The van der Waals surface area contributed by atoms with Crippen LogP contribution >= 0.6 is 0 Å². The minimum Gasteiger partial charge on any atom is -0.496 e. The first kappa shape index (κ1) is 15.9. The van der Waals surface area contributed by atoms with E-state index in [0.717, 1.165) is 17.0 Å². The molecule has 0 atom stereocenters. The highest BCUT2D eigenvalue weighted by molar-refractivity contribution is 5.99. The van der Waals surface area contributed by atoms with Crippen LogP contribution in [0.1, 0.15) is 27.3 Å². The van der Waals surface area contributed by atoms with Gasteiger partial charge < -0.3 is 14.8 Å². The minimum atomic E-state index is -0.239. The Bertz CT molecular complexity index is 670. The topological polar surface area (TPSA) is 65.4 Å². The third-order valence-electron chi connectivity index (χ3n) is 3.74. The number of carbonyl (C=O) groups excluding carboxylic acids is 1. The molecule has 2 rings (SSSR count). The Morgan fingerprint density at radius 1 is 1.23 bits per heavy atom. The van der Waals surface area contributed by atoms with Gasteiger partial charge in [0, 0.05) is 24.8 Å². The number of carbonyl (C=O) groups is 1. The molecule has 0 spiro atoms. The van der Waals surface area contributed by atoms with Gasteiger partial charge in [0.05, 0.1) is 19.9 Å². The summed E-state index contributed by atoms with van der Waals surface area (Å²) in [5.41, 5.74) is 3.36. The lowest BCUT2D eigenvalue weighted by molar-refractivity contribution is 0.0944. The highest BCUT2D eigenvalue weighted by Gasteiger charge is 2.19. The summed E-state index contributed by atoms with van der Waals surface area (Å²) < 4.78 is 12.3. The Labute approximate surface area is 130 Å². The highest BCUT2D eigenvalue weighted by atomic mass is 16.5. The van der Waals surface area contributed by atoms with Crippen LogP contribution < -0.4 is 14.8 Å². The van der Waals surface area contributed by atoms with Crippen LogP contribution in [0.15, 0.2) is 18.2 Å². The lowest BCUT2D eigenvalue weighted by Gasteiger charge is -2.13. The van der Waals surface area contributed by atoms with Gasteiger partial charge in [-0.05, 0) is 26.0 Å². The highest BCUT2D eigenvalue weighted by Crippen LogP contribution is 2.28. The van der Waals surface area contributed by atoms with Gasteiger partial charge in [-0.25, -0.2) is 0 Å². The standard InChI is InChI=1S/C16H21N3O3/c1-10-12(11(2)19(3)18-10)9-17-16(20)15-13(21-4)7-6-8-14(15)22-5/h6-8H,9H2,1-5H3,(H,17,20). The number of ether oxygens (including phenoxy) is 2. The number of hydrogen-bond donors (Lipinski definition) is 1. The molecular formula is C16H21N3O3. The molecule has 1 amide bonds. The summed E-state index contributed by atoms with van der Waals surface area (Å²) in [6.07, 6.45) is 0. The molecule has 0 bridgehead atoms. The number of benzene rings is 1. The molecule has 22 heavy (non-hydrogen) atoms. The van der Waals surface area contributed by atoms with Crippen LogP contribution in [0.5, 0.6) is 11.5 Å². The molecule has 2 aromatic rings. The lowest BCUT2D eigenvalue weighted by Crippen LogP contribution is -2.24. The largest absolute Gasteiger partial charge is 0.496 e. The summed E-state index contributed by atoms with van der Waals surface area (Å²) in [4.78, 5) is 12.5. The van der Waals surface area contributed by atoms with Crippen molar-refractivity contribution in [2.24, 2.45) is 7.05 Å². The monoisotopic (exact) mass is 303 g/mol. The minimum absolute atomic E-state index is 0.239. The molecule has 0 fully saturated rings. The molecule has 1 aromatic heterocycles. The predicted molar refractivity (Wildman–Crippen MR) is 83.4 cm³/mol. The number of nitrogens with one attached hydrogen (secondary N) is 1. The zero-order chi connectivity index (χ0) is 16.3. The van der Waals surface area contributed by atoms with Crippen LogP contribution in [0.3, 0.4) is 0 Å². The molecule has 1 aromatic carbocycles. The molecular weight excluding hydrogens is 282 g/mol. The Balaban J connectivity index is 2.23. The van der Waals surface area contributed by atoms with Crippen molar-refractivity contribution >= 4 is 5.91 Å². The van der Waals surface area contributed by atoms with Crippen molar-refractivity contribution in [2.75, 3.05) is 14.2 Å². The number of methoxy groups -OCH3 is 2. The fraction of sp³-hybridized carbons (Fsp3) is 0.375. The number of amides is 1. The SMILES string of the molecule is COc1cccc(OC)c1C(=O)NCc1c(C)nn(C)c1C. The van der Waals surface area contributed by atoms with Gasteiger partial charge in [0.15, 0.2) is 0 Å². The molecule has 0 saturated carbocycles. The molecule has 6 nitrogen and oxygen atoms in total. The first-order valence-electron chi connectivity index (χ1n) is 6.97. The summed E-state index contributed by atoms with van der Waals surface area (Å²) in [7, 11) is 4.94. The second kappa shape index (κ2) is 6.51. The average molecular weight is 303 g/mol. The molecule has 1 heterocycles. The van der Waals surface area contributed by atoms with E-state index < -0.39 is 0 Å². The third-order valence-corrected chi connectivity index (χ3v) is 3.74. The summed E-state index contributed by atoms with van der Waals surface area (Å²) in [5.74, 6) is 0.727. The van der Waals surface area contributed by atoms with E-state index in [2.05, 4.69) is 10.4 Å². The molecule has 0 saturated heterocycles. The number of aromatic nitrogens is 2. The number of rotatable bonds is 5. The maximum Gasteiger partial charge on any atom is 0.259 e. The van der Waals surface area contributed by atoms with Gasteiger partial charge in [0.25, 0.3) is 5.91 Å². The van der Waals surface area contributed by atoms with E-state index >= 15 is 0 Å². The summed E-state index contributed by atoms with van der Waals surface area (Å²) in [6, 6.07) is 5.25. The second-order valence-electron chi connectivity index (χ2n) is 4.99. The molecule has 0 radical (unpaired) electrons. The van der Waals surface area contributed by atoms with Gasteiger partial charge in [-0.15, -0.1) is 0 Å². The van der Waals surface area contributed by atoms with Crippen molar-refractivity contribution in [1.29, 1.82) is 0 Å². The Morgan fingerprint density at radius 3 is 2.27 bits per heavy atom. The summed E-state index contributed by atoms with van der Waals surface area (Å²) >= 11 is 0. The van der Waals surface area contributed by atoms with Gasteiger partial charge in [-0.2, -0.15) is 5.10 Å². The van der Waals surface area contributed by atoms with Gasteiger partial charge in [-0.3, -0.25) is 9.48 Å². The normalized spacial score (nSPS) is 10.4. The molecule has 118 valence electrons. The quantitative estimate of drug-likeness (QED) is 0.917. The number of nitrogens with zero attached hydrogens (tertiary/aromatic N) is 2. The van der Waals surface area contributed by atoms with Gasteiger partial charge in [-0.1, -0.05) is 6.07 Å². The smallest absolute Gasteiger partial charge is 0.259 e. The van der Waals surface area contributed by atoms with E-state index in [-0.39, 0.29) is 5.91 Å². The molecule has 1 N–H and O–H groups in total. The van der Waals surface area contributed by atoms with E-state index in [4.69, 9.17) is 9.47 Å². The fourth-order valence-corrected chi connectivity index (χ4v) is 2.41. The average Bonchev–Trinajstić information content (AvgIpc) is 2.76. The maximum atomic E-state index is 12.5. The van der Waals surface area contributed by atoms with Crippen molar-refractivity contribution in [3.63, 3.8) is 0 Å². The Hall–Kier alpha value is -2.50. The number of aryl methyl sites for hydroxylation is 2. The first-order valence-corrected chi connectivity index (χ1v) is 6.97. The van der Waals surface area contributed by atoms with Gasteiger partial charge in [0.1, 0.15) is 17.1 Å². The van der Waals surface area contributed by atoms with Gasteiger partial charge >= 0.3 is 0 Å². The molecule has 6 heteroatoms. The Morgan fingerprint density at radius 2 is 1.82 bits per heavy atom. The van der Waals surface area contributed by atoms with Crippen LogP contribution in [-0.2, 0) is 13.6 Å². The zero-order valence-electron chi connectivity index (χ0n) is 13.6. The van der Waals surface area contributed by atoms with Crippen LogP contribution in [0.25, 0.3) is 0 Å². The van der Waals surface area contributed by atoms with Crippen LogP contribution in [0.4, 0.5) is 0 Å². The van der Waals surface area contributed by atoms with Gasteiger partial charge in [0.2, 0.25) is 0 Å². The molecule has 0 aliphatic rings. The third kappa shape index (κ3) is 2.90. The van der Waals surface area contributed by atoms with E-state index in [1.54, 1.807) is 22.9 Å². The lowest BCUT2D eigenvalue weighted by atomic mass is 10.1. The summed E-state index contributed by atoms with van der Waals surface area (Å²) in [5, 5.41) is 7.25. The Kier molecular flexibility index (Phi) is 4.70. The van der Waals surface area contributed by atoms with Crippen molar-refractivity contribution in [3.8, 4) is 11.5 Å². The molecule has 0 aliphatic heterocycles. The van der Waals surface area contributed by atoms with Crippen LogP contribution in [0.2, 0.25) is 0 Å². The van der Waals surface area contributed by atoms with E-state index in [9.17, 15) is 4.79 Å². The maximum absolute atomic E-state index is 12.5. The molecule has 0 unspecified atom stereocenters. The summed E-state index contributed by atoms with van der Waals surface area (Å²) in [6.45, 7) is 4.31. The first-order chi connectivity index (χ1) is 10.5. The van der Waals surface area contributed by atoms with Crippen LogP contribution in [0, 0.1) is 13.8 Å². The van der Waals surface area contributed by atoms with Crippen molar-refractivity contribution < 1.29 is 14.3 Å². The van der Waals surface area contributed by atoms with Crippen molar-refractivity contribution in [3.05, 3.63) is 40.7 Å². The number of hydrogen-bond acceptors (Lipinski definition) is 4. The predicted octanol–water partition coefficient (Wildman–Crippen LogP) is 1.98. The fourth-order valence-electron chi connectivity index (χ4n) is 2.41. The van der Waals surface area contributed by atoms with Crippen molar-refractivity contribution in [2.45, 2.75) is 20.4 Å². The second-order valence-corrected chi connectivity index (χ2v) is 4.99. The van der Waals surface area contributed by atoms with E-state index in [1.165, 1.54) is 14.2 Å². The van der Waals surface area contributed by atoms with Crippen LogP contribution in [-0.4, -0.2) is 29.9 Å². The van der Waals surface area contributed by atoms with Crippen molar-refractivity contribution in [1.82, 2.24) is 15.1 Å². The van der Waals surface area contributed by atoms with E-state index in [0.29, 0.717) is 23.6 Å². The van der Waals surface area contributed by atoms with E-state index in [1.807, 2.05) is 20.9 Å². The zero-order valence-corrected chi connectivity index (χ0v) is 13.6. The molecule has 0 aliphatic carbocycles.